The van der Waals surface area contributed by atoms with Crippen molar-refractivity contribution in [1.82, 2.24) is 4.90 Å². The Morgan fingerprint density at radius 2 is 1.00 bits per heavy atom. The number of hydrogen-bond acceptors (Lipinski definition) is 1. The van der Waals surface area contributed by atoms with Crippen LogP contribution in [0.4, 0.5) is 0 Å². The number of hydrogen-bond donors (Lipinski definition) is 0. The normalized spacial score (nSPS) is 33.1. The Morgan fingerprint density at radius 1 is 0.593 bits per heavy atom. The average molecular weight is 482 g/mol. The Balaban J connectivity index is 3.43. The fourth-order valence-corrected chi connectivity index (χ4v) is 20.3. The summed E-state index contributed by atoms with van der Waals surface area (Å²) in [6.45, 7) is 14.7. The first-order valence-electron chi connectivity index (χ1n) is 12.7. The van der Waals surface area contributed by atoms with Crippen LogP contribution in [0.3, 0.4) is 0 Å². The summed E-state index contributed by atoms with van der Waals surface area (Å²) >= 11 is -1.63. The Kier molecular flexibility index (Phi) is 13.4. The van der Waals surface area contributed by atoms with Gasteiger partial charge in [-0.05, 0) is 0 Å². The van der Waals surface area contributed by atoms with Gasteiger partial charge in [-0.25, -0.2) is 0 Å². The van der Waals surface area contributed by atoms with Crippen LogP contribution in [0, 0.1) is 11.8 Å². The van der Waals surface area contributed by atoms with Crippen LogP contribution in [-0.4, -0.2) is 45.5 Å². The van der Waals surface area contributed by atoms with Crippen molar-refractivity contribution >= 4 is 21.4 Å². The van der Waals surface area contributed by atoms with Gasteiger partial charge in [-0.3, -0.25) is 0 Å². The van der Waals surface area contributed by atoms with E-state index < -0.39 is 21.4 Å². The van der Waals surface area contributed by atoms with E-state index in [4.69, 9.17) is 0 Å². The Morgan fingerprint density at radius 3 is 1.37 bits per heavy atom. The topological polar surface area (TPSA) is 3.24 Å². The van der Waals surface area contributed by atoms with Gasteiger partial charge in [0.15, 0.2) is 0 Å². The van der Waals surface area contributed by atoms with E-state index in [1.165, 1.54) is 70.6 Å². The van der Waals surface area contributed by atoms with Crippen molar-refractivity contribution in [3.05, 3.63) is 0 Å². The zero-order valence-corrected chi connectivity index (χ0v) is 23.6. The van der Waals surface area contributed by atoms with Gasteiger partial charge in [0.25, 0.3) is 0 Å². The molecule has 0 N–H and O–H groups in total. The minimum absolute atomic E-state index is 0.845. The van der Waals surface area contributed by atoms with E-state index in [0.29, 0.717) is 0 Å². The second-order valence-electron chi connectivity index (χ2n) is 9.67. The minimum atomic E-state index is -1.63. The first-order valence-corrected chi connectivity index (χ1v) is 19.8. The molecule has 1 heterocycles. The molecule has 1 nitrogen and oxygen atoms in total. The molecule has 1 aliphatic heterocycles. The van der Waals surface area contributed by atoms with E-state index >= 15 is 0 Å². The van der Waals surface area contributed by atoms with E-state index in [1.807, 2.05) is 0 Å². The molecule has 1 fully saturated rings. The zero-order chi connectivity index (χ0) is 20.4. The van der Waals surface area contributed by atoms with Crippen LogP contribution >= 0.6 is 0 Å². The summed E-state index contributed by atoms with van der Waals surface area (Å²) in [5, 5.41) is 0. The summed E-state index contributed by atoms with van der Waals surface area (Å²) in [5.74, 6) is 1.97. The second-order valence-corrected chi connectivity index (χ2v) is 19.5. The van der Waals surface area contributed by atoms with Crippen molar-refractivity contribution in [1.29, 1.82) is 0 Å². The molecule has 1 aliphatic rings. The number of nitrogens with zero attached hydrogens (tertiary/aromatic N) is 1. The molecule has 0 amide bonds. The maximum atomic E-state index is 2.96. The SMILES string of the molecule is CCCC1C(CCC)N(C)C(CCC)C(CCC)[CH](CCC)[In]([CH3])[CH]1CC. The molecule has 0 aromatic heterocycles. The average Bonchev–Trinajstić information content (AvgIpc) is 2.66. The molecule has 1 saturated heterocycles. The van der Waals surface area contributed by atoms with Gasteiger partial charge in [0, 0.05) is 0 Å². The molecule has 0 radical (unpaired) electrons. The molecule has 27 heavy (non-hydrogen) atoms. The Labute approximate surface area is 181 Å². The Hall–Kier alpha value is 0.830. The molecule has 0 spiro atoms. The molecule has 0 bridgehead atoms. The van der Waals surface area contributed by atoms with Crippen LogP contribution in [0.1, 0.15) is 112 Å². The van der Waals surface area contributed by atoms with Crippen molar-refractivity contribution < 1.29 is 0 Å². The first kappa shape index (κ1) is 25.9. The molecule has 6 atom stereocenters. The van der Waals surface area contributed by atoms with Crippen LogP contribution < -0.4 is 0 Å². The van der Waals surface area contributed by atoms with Gasteiger partial charge < -0.3 is 0 Å². The van der Waals surface area contributed by atoms with Crippen LogP contribution in [0.2, 0.25) is 12.0 Å². The van der Waals surface area contributed by atoms with Crippen LogP contribution in [-0.2, 0) is 0 Å². The fourth-order valence-electron chi connectivity index (χ4n) is 6.91. The molecule has 0 aliphatic carbocycles. The van der Waals surface area contributed by atoms with Gasteiger partial charge in [-0.15, -0.1) is 0 Å². The predicted octanol–water partition coefficient (Wildman–Crippen LogP) is 8.18. The van der Waals surface area contributed by atoms with E-state index in [1.54, 1.807) is 0 Å². The van der Waals surface area contributed by atoms with E-state index in [9.17, 15) is 0 Å². The maximum absolute atomic E-state index is 2.96. The molecule has 2 heteroatoms. The van der Waals surface area contributed by atoms with Crippen molar-refractivity contribution in [2.75, 3.05) is 7.05 Å². The van der Waals surface area contributed by atoms with Gasteiger partial charge in [0.05, 0.1) is 0 Å². The van der Waals surface area contributed by atoms with Gasteiger partial charge >= 0.3 is 182 Å². The molecular formula is C25H52InN. The summed E-state index contributed by atoms with van der Waals surface area (Å²) in [4.78, 5) is 2.96. The van der Waals surface area contributed by atoms with Crippen molar-refractivity contribution in [2.24, 2.45) is 11.8 Å². The van der Waals surface area contributed by atoms with Crippen LogP contribution in [0.15, 0.2) is 0 Å². The number of rotatable bonds is 11. The molecule has 6 unspecified atom stereocenters. The monoisotopic (exact) mass is 481 g/mol. The quantitative estimate of drug-likeness (QED) is 0.288. The predicted molar refractivity (Wildman–Crippen MR) is 126 cm³/mol. The summed E-state index contributed by atoms with van der Waals surface area (Å²) < 4.78 is 5.10. The van der Waals surface area contributed by atoms with E-state index in [0.717, 1.165) is 31.3 Å². The summed E-state index contributed by atoms with van der Waals surface area (Å²) in [7, 11) is 2.53. The molecule has 1 rings (SSSR count). The third-order valence-electron chi connectivity index (χ3n) is 7.99. The van der Waals surface area contributed by atoms with Gasteiger partial charge in [0.1, 0.15) is 0 Å². The van der Waals surface area contributed by atoms with Gasteiger partial charge in [-0.1, -0.05) is 0 Å². The second kappa shape index (κ2) is 13.9. The Bertz CT molecular complexity index is 367. The van der Waals surface area contributed by atoms with Gasteiger partial charge in [0.2, 0.25) is 0 Å². The third kappa shape index (κ3) is 6.66. The van der Waals surface area contributed by atoms with Crippen LogP contribution in [0.25, 0.3) is 0 Å². The summed E-state index contributed by atoms with van der Waals surface area (Å²) in [6, 6.07) is 1.69. The standard InChI is InChI=1S/C24H49N.CH3.In/c1-8-14-20-22(17-11-4)24(19-13-6)25(7)23(18-12-5)21(15-9-2)16-10-3;;/h15,20-24H,8-14,16-19H2,1-7H3;1H3;. The molecule has 160 valence electrons. The third-order valence-corrected chi connectivity index (χ3v) is 20.8. The first-order chi connectivity index (χ1) is 13.0. The molecule has 0 saturated carbocycles. The summed E-state index contributed by atoms with van der Waals surface area (Å²) in [5.41, 5.74) is 0. The molecular weight excluding hydrogens is 429 g/mol. The molecule has 0 aromatic rings. The van der Waals surface area contributed by atoms with Crippen molar-refractivity contribution in [3.63, 3.8) is 0 Å². The van der Waals surface area contributed by atoms with Crippen molar-refractivity contribution in [2.45, 2.75) is 136 Å². The fraction of sp³-hybridized carbons (Fsp3) is 1.00. The zero-order valence-electron chi connectivity index (χ0n) is 20.3. The molecule has 0 aromatic carbocycles. The van der Waals surface area contributed by atoms with E-state index in [2.05, 4.69) is 58.2 Å². The van der Waals surface area contributed by atoms with E-state index in [-0.39, 0.29) is 0 Å². The summed E-state index contributed by atoms with van der Waals surface area (Å²) in [6.07, 6.45) is 15.7. The van der Waals surface area contributed by atoms with Gasteiger partial charge in [-0.2, -0.15) is 0 Å². The van der Waals surface area contributed by atoms with Crippen LogP contribution in [0.5, 0.6) is 0 Å². The van der Waals surface area contributed by atoms with Crippen molar-refractivity contribution in [3.8, 4) is 0 Å².